The molecule has 4 heteroatoms. The van der Waals surface area contributed by atoms with Crippen molar-refractivity contribution >= 4 is 5.97 Å². The normalized spacial score (nSPS) is 11.2. The summed E-state index contributed by atoms with van der Waals surface area (Å²) in [4.78, 5) is 10.8. The van der Waals surface area contributed by atoms with Gasteiger partial charge in [-0.2, -0.15) is 0 Å². The molecule has 1 aromatic rings. The van der Waals surface area contributed by atoms with Gasteiger partial charge in [0.15, 0.2) is 0 Å². The minimum atomic E-state index is -0.972. The Kier molecular flexibility index (Phi) is 3.55. The van der Waals surface area contributed by atoms with Gasteiger partial charge >= 0.3 is 5.97 Å². The van der Waals surface area contributed by atoms with Gasteiger partial charge in [0.25, 0.3) is 0 Å². The third kappa shape index (κ3) is 2.33. The Balaban J connectivity index is 3.27. The molecule has 0 aliphatic carbocycles. The topological polar surface area (TPSA) is 55.8 Å². The molecule has 0 unspecified atom stereocenters. The van der Waals surface area contributed by atoms with Gasteiger partial charge in [-0.05, 0) is 26.0 Å². The SMILES string of the molecule is COc1cc(C(=O)O)ccc1C(C)(C)OC. The van der Waals surface area contributed by atoms with Crippen molar-refractivity contribution in [2.24, 2.45) is 0 Å². The number of carbonyl (C=O) groups is 1. The first-order valence-corrected chi connectivity index (χ1v) is 4.89. The molecule has 0 aliphatic heterocycles. The van der Waals surface area contributed by atoms with Crippen molar-refractivity contribution in [2.75, 3.05) is 14.2 Å². The second-order valence-corrected chi connectivity index (χ2v) is 3.93. The van der Waals surface area contributed by atoms with Crippen LogP contribution in [-0.2, 0) is 10.3 Å². The molecule has 0 heterocycles. The molecule has 88 valence electrons. The number of hydrogen-bond acceptors (Lipinski definition) is 3. The Labute approximate surface area is 94.8 Å². The molecular weight excluding hydrogens is 208 g/mol. The van der Waals surface area contributed by atoms with Crippen LogP contribution in [0.1, 0.15) is 29.8 Å². The van der Waals surface area contributed by atoms with Crippen molar-refractivity contribution in [1.82, 2.24) is 0 Å². The number of hydrogen-bond donors (Lipinski definition) is 1. The molecule has 0 fully saturated rings. The second kappa shape index (κ2) is 4.53. The summed E-state index contributed by atoms with van der Waals surface area (Å²) in [5, 5.41) is 8.87. The fourth-order valence-corrected chi connectivity index (χ4v) is 1.43. The van der Waals surface area contributed by atoms with Crippen molar-refractivity contribution in [1.29, 1.82) is 0 Å². The van der Waals surface area contributed by atoms with Crippen molar-refractivity contribution in [3.63, 3.8) is 0 Å². The van der Waals surface area contributed by atoms with E-state index in [-0.39, 0.29) is 5.56 Å². The fourth-order valence-electron chi connectivity index (χ4n) is 1.43. The zero-order valence-corrected chi connectivity index (χ0v) is 9.90. The molecule has 0 saturated carbocycles. The molecule has 0 spiro atoms. The predicted molar refractivity (Wildman–Crippen MR) is 60.0 cm³/mol. The lowest BCUT2D eigenvalue weighted by Crippen LogP contribution is -2.20. The highest BCUT2D eigenvalue weighted by Crippen LogP contribution is 2.32. The van der Waals surface area contributed by atoms with Crippen LogP contribution in [0.4, 0.5) is 0 Å². The average Bonchev–Trinajstić information content (AvgIpc) is 2.28. The van der Waals surface area contributed by atoms with Crippen molar-refractivity contribution in [2.45, 2.75) is 19.4 Å². The quantitative estimate of drug-likeness (QED) is 0.852. The molecule has 1 N–H and O–H groups in total. The first kappa shape index (κ1) is 12.5. The van der Waals surface area contributed by atoms with Gasteiger partial charge in [0.1, 0.15) is 5.75 Å². The van der Waals surface area contributed by atoms with E-state index in [4.69, 9.17) is 14.6 Å². The van der Waals surface area contributed by atoms with Gasteiger partial charge in [0.2, 0.25) is 0 Å². The van der Waals surface area contributed by atoms with E-state index >= 15 is 0 Å². The second-order valence-electron chi connectivity index (χ2n) is 3.93. The summed E-state index contributed by atoms with van der Waals surface area (Å²) in [7, 11) is 3.11. The third-order valence-corrected chi connectivity index (χ3v) is 2.61. The van der Waals surface area contributed by atoms with Crippen molar-refractivity contribution in [3.8, 4) is 5.75 Å². The molecule has 1 aromatic carbocycles. The Morgan fingerprint density at radius 1 is 1.31 bits per heavy atom. The Morgan fingerprint density at radius 2 is 1.94 bits per heavy atom. The molecule has 1 rings (SSSR count). The average molecular weight is 224 g/mol. The zero-order chi connectivity index (χ0) is 12.3. The Hall–Kier alpha value is -1.55. The maximum Gasteiger partial charge on any atom is 0.335 e. The number of carboxylic acid groups (broad SMARTS) is 1. The maximum absolute atomic E-state index is 10.8. The summed E-state index contributed by atoms with van der Waals surface area (Å²) < 4.78 is 10.5. The maximum atomic E-state index is 10.8. The molecule has 16 heavy (non-hydrogen) atoms. The lowest BCUT2D eigenvalue weighted by atomic mass is 9.95. The summed E-state index contributed by atoms with van der Waals surface area (Å²) in [5.74, 6) is -0.452. The monoisotopic (exact) mass is 224 g/mol. The molecule has 0 amide bonds. The number of carboxylic acids is 1. The van der Waals surface area contributed by atoms with E-state index in [0.29, 0.717) is 5.75 Å². The summed E-state index contributed by atoms with van der Waals surface area (Å²) in [5.41, 5.74) is 0.512. The van der Waals surface area contributed by atoms with Gasteiger partial charge in [-0.1, -0.05) is 6.07 Å². The molecule has 0 bridgehead atoms. The summed E-state index contributed by atoms with van der Waals surface area (Å²) in [6.45, 7) is 3.79. The minimum Gasteiger partial charge on any atom is -0.496 e. The van der Waals surface area contributed by atoms with Crippen molar-refractivity contribution in [3.05, 3.63) is 29.3 Å². The van der Waals surface area contributed by atoms with Crippen LogP contribution < -0.4 is 4.74 Å². The fraction of sp³-hybridized carbons (Fsp3) is 0.417. The largest absolute Gasteiger partial charge is 0.496 e. The highest BCUT2D eigenvalue weighted by atomic mass is 16.5. The van der Waals surface area contributed by atoms with Gasteiger partial charge < -0.3 is 14.6 Å². The molecular formula is C12H16O4. The van der Waals surface area contributed by atoms with Crippen LogP contribution in [0.5, 0.6) is 5.75 Å². The first-order chi connectivity index (χ1) is 7.42. The predicted octanol–water partition coefficient (Wildman–Crippen LogP) is 2.27. The van der Waals surface area contributed by atoms with Crippen LogP contribution in [0, 0.1) is 0 Å². The van der Waals surface area contributed by atoms with Crippen molar-refractivity contribution < 1.29 is 19.4 Å². The highest BCUT2D eigenvalue weighted by molar-refractivity contribution is 5.88. The van der Waals surface area contributed by atoms with E-state index < -0.39 is 11.6 Å². The highest BCUT2D eigenvalue weighted by Gasteiger charge is 2.24. The number of aromatic carboxylic acids is 1. The summed E-state index contributed by atoms with van der Waals surface area (Å²) >= 11 is 0. The molecule has 4 nitrogen and oxygen atoms in total. The van der Waals surface area contributed by atoms with Gasteiger partial charge in [-0.3, -0.25) is 0 Å². The molecule has 0 radical (unpaired) electrons. The van der Waals surface area contributed by atoms with Crippen LogP contribution in [0.3, 0.4) is 0 Å². The van der Waals surface area contributed by atoms with Crippen LogP contribution >= 0.6 is 0 Å². The first-order valence-electron chi connectivity index (χ1n) is 4.89. The van der Waals surface area contributed by atoms with Gasteiger partial charge in [0.05, 0.1) is 18.3 Å². The third-order valence-electron chi connectivity index (χ3n) is 2.61. The van der Waals surface area contributed by atoms with Gasteiger partial charge in [0, 0.05) is 12.7 Å². The summed E-state index contributed by atoms with van der Waals surface area (Å²) in [6.07, 6.45) is 0. The number of rotatable bonds is 4. The number of benzene rings is 1. The standard InChI is InChI=1S/C12H16O4/c1-12(2,16-4)9-6-5-8(11(13)14)7-10(9)15-3/h5-7H,1-4H3,(H,13,14). The van der Waals surface area contributed by atoms with Crippen LogP contribution in [0.2, 0.25) is 0 Å². The van der Waals surface area contributed by atoms with Gasteiger partial charge in [-0.15, -0.1) is 0 Å². The van der Waals surface area contributed by atoms with Gasteiger partial charge in [-0.25, -0.2) is 4.79 Å². The van der Waals surface area contributed by atoms with E-state index in [0.717, 1.165) is 5.56 Å². The van der Waals surface area contributed by atoms with E-state index in [1.54, 1.807) is 19.2 Å². The lowest BCUT2D eigenvalue weighted by molar-refractivity contribution is 0.0172. The van der Waals surface area contributed by atoms with Crippen LogP contribution in [0.15, 0.2) is 18.2 Å². The lowest BCUT2D eigenvalue weighted by Gasteiger charge is -2.25. The van der Waals surface area contributed by atoms with E-state index in [9.17, 15) is 4.79 Å². The van der Waals surface area contributed by atoms with E-state index in [1.165, 1.54) is 13.2 Å². The minimum absolute atomic E-state index is 0.201. The van der Waals surface area contributed by atoms with E-state index in [2.05, 4.69) is 0 Å². The summed E-state index contributed by atoms with van der Waals surface area (Å²) in [6, 6.07) is 4.76. The smallest absolute Gasteiger partial charge is 0.335 e. The number of methoxy groups -OCH3 is 2. The number of ether oxygens (including phenoxy) is 2. The Morgan fingerprint density at radius 3 is 2.38 bits per heavy atom. The Bertz CT molecular complexity index is 396. The van der Waals surface area contributed by atoms with E-state index in [1.807, 2.05) is 13.8 Å². The van der Waals surface area contributed by atoms with Crippen LogP contribution in [0.25, 0.3) is 0 Å². The molecule has 0 atom stereocenters. The zero-order valence-electron chi connectivity index (χ0n) is 9.90. The molecule has 0 aromatic heterocycles. The van der Waals surface area contributed by atoms with Crippen LogP contribution in [-0.4, -0.2) is 25.3 Å². The molecule has 0 aliphatic rings. The molecule has 0 saturated heterocycles.